The highest BCUT2D eigenvalue weighted by atomic mass is 32.1. The number of nitrogens with one attached hydrogen (secondary N) is 1. The smallest absolute Gasteiger partial charge is 0.311 e. The molecule has 0 bridgehead atoms. The molecular weight excluding hydrogens is 648 g/mol. The van der Waals surface area contributed by atoms with Crippen molar-refractivity contribution < 1.29 is 37.7 Å². The molecule has 0 radical (unpaired) electrons. The fourth-order valence-electron chi connectivity index (χ4n) is 6.33. The van der Waals surface area contributed by atoms with Crippen LogP contribution in [0.25, 0.3) is 22.0 Å². The van der Waals surface area contributed by atoms with Gasteiger partial charge in [0.05, 0.1) is 35.9 Å². The van der Waals surface area contributed by atoms with E-state index < -0.39 is 41.4 Å². The number of anilines is 1. The molecule has 4 aromatic rings. The van der Waals surface area contributed by atoms with Crippen LogP contribution in [0.4, 0.5) is 14.5 Å². The van der Waals surface area contributed by atoms with E-state index in [4.69, 9.17) is 9.47 Å². The number of thiazole rings is 1. The van der Waals surface area contributed by atoms with Crippen LogP contribution in [-0.2, 0) is 25.8 Å². The van der Waals surface area contributed by atoms with Crippen molar-refractivity contribution >= 4 is 34.9 Å². The molecule has 4 heterocycles. The van der Waals surface area contributed by atoms with E-state index in [0.717, 1.165) is 50.7 Å². The lowest BCUT2D eigenvalue weighted by molar-refractivity contribution is -0.162. The van der Waals surface area contributed by atoms with Gasteiger partial charge in [-0.1, -0.05) is 12.8 Å². The number of esters is 1. The van der Waals surface area contributed by atoms with Crippen molar-refractivity contribution in [1.29, 1.82) is 0 Å². The number of pyridine rings is 1. The molecule has 254 valence electrons. The molecule has 2 atom stereocenters. The zero-order valence-corrected chi connectivity index (χ0v) is 27.0. The van der Waals surface area contributed by atoms with E-state index in [9.17, 15) is 28.3 Å². The summed E-state index contributed by atoms with van der Waals surface area (Å²) in [7, 11) is 0. The Hall–Kier alpha value is -4.57. The summed E-state index contributed by atoms with van der Waals surface area (Å²) >= 11 is 1.19. The molecule has 2 aliphatic carbocycles. The molecule has 6 rings (SSSR count). The van der Waals surface area contributed by atoms with Gasteiger partial charge in [-0.15, -0.1) is 11.3 Å². The molecule has 0 aromatic carbocycles. The van der Waals surface area contributed by atoms with Crippen molar-refractivity contribution in [3.63, 3.8) is 0 Å². The lowest BCUT2D eigenvalue weighted by atomic mass is 9.79. The first-order valence-corrected chi connectivity index (χ1v) is 16.8. The van der Waals surface area contributed by atoms with Crippen LogP contribution in [0.2, 0.25) is 0 Å². The molecular formula is C32H35F2N7O6S. The van der Waals surface area contributed by atoms with Crippen molar-refractivity contribution in [2.45, 2.75) is 77.2 Å². The molecule has 13 nitrogen and oxygen atoms in total. The third kappa shape index (κ3) is 7.44. The zero-order chi connectivity index (χ0) is 33.8. The van der Waals surface area contributed by atoms with Crippen molar-refractivity contribution in [3.05, 3.63) is 53.6 Å². The summed E-state index contributed by atoms with van der Waals surface area (Å²) in [6.07, 6.45) is 10.5. The normalized spacial score (nSPS) is 21.1. The van der Waals surface area contributed by atoms with Gasteiger partial charge in [-0.25, -0.2) is 19.0 Å². The molecule has 0 spiro atoms. The van der Waals surface area contributed by atoms with Gasteiger partial charge in [0.25, 0.3) is 5.91 Å². The van der Waals surface area contributed by atoms with Crippen LogP contribution < -0.4 is 5.32 Å². The maximum Gasteiger partial charge on any atom is 0.311 e. The number of carbonyl (C=O) groups excluding carboxylic acids is 2. The second kappa shape index (κ2) is 14.7. The van der Waals surface area contributed by atoms with Crippen molar-refractivity contribution in [2.24, 2.45) is 11.8 Å². The summed E-state index contributed by atoms with van der Waals surface area (Å²) in [6.45, 7) is 2.39. The van der Waals surface area contributed by atoms with E-state index in [1.807, 2.05) is 6.92 Å². The van der Waals surface area contributed by atoms with Crippen molar-refractivity contribution in [1.82, 2.24) is 29.5 Å². The molecule has 1 unspecified atom stereocenters. The molecule has 1 amide bonds. The quantitative estimate of drug-likeness (QED) is 0.148. The third-order valence-electron chi connectivity index (χ3n) is 8.78. The highest BCUT2D eigenvalue weighted by molar-refractivity contribution is 7.13. The number of aromatic nitrogens is 6. The standard InChI is InChI=1S/C32H35F2N7O6S/c1-2-46-20-9-7-19(8-10-20)41-15-24(28(39-41)27-23(33)11-12-26(34)38-27)36-29(42)25-16-48-30(37-25)18-13-35-40(14-18)17-47-32(45)22-6-4-3-5-21(22)31(43)44/h11-16,19-22H,2-10,17H2,1H3,(H,36,42)(H,43,44)/t19?,20?,21-,22?/m0/s1. The van der Waals surface area contributed by atoms with Gasteiger partial charge >= 0.3 is 11.9 Å². The number of halogens is 2. The minimum Gasteiger partial charge on any atom is -0.481 e. The average molecular weight is 684 g/mol. The number of nitrogens with zero attached hydrogens (tertiary/aromatic N) is 6. The summed E-state index contributed by atoms with van der Waals surface area (Å²) in [5.74, 6) is -5.26. The summed E-state index contributed by atoms with van der Waals surface area (Å²) in [4.78, 5) is 45.7. The minimum atomic E-state index is -0.996. The lowest BCUT2D eigenvalue weighted by Crippen LogP contribution is -2.34. The summed E-state index contributed by atoms with van der Waals surface area (Å²) in [6, 6.07) is 1.86. The predicted molar refractivity (Wildman–Crippen MR) is 169 cm³/mol. The second-order valence-corrected chi connectivity index (χ2v) is 12.8. The van der Waals surface area contributed by atoms with Crippen LogP contribution in [0, 0.1) is 23.6 Å². The summed E-state index contributed by atoms with van der Waals surface area (Å²) in [5.41, 5.74) is 0.493. The maximum absolute atomic E-state index is 14.8. The molecule has 2 N–H and O–H groups in total. The molecule has 2 aliphatic rings. The second-order valence-electron chi connectivity index (χ2n) is 11.9. The van der Waals surface area contributed by atoms with Crippen LogP contribution >= 0.6 is 11.3 Å². The van der Waals surface area contributed by atoms with Crippen LogP contribution in [0.15, 0.2) is 36.1 Å². The monoisotopic (exact) mass is 683 g/mol. The fraction of sp³-hybridized carbons (Fsp3) is 0.469. The number of amides is 1. The first-order chi connectivity index (χ1) is 23.2. The van der Waals surface area contributed by atoms with Gasteiger partial charge in [0.1, 0.15) is 22.1 Å². The topological polar surface area (TPSA) is 163 Å². The van der Waals surface area contributed by atoms with E-state index >= 15 is 0 Å². The molecule has 4 aromatic heterocycles. The SMILES string of the molecule is CCOC1CCC(n2cc(NC(=O)c3csc(-c4cnn(COC(=O)C5CCCC[C@@H]5C(=O)O)c4)n3)c(-c3nc(F)ccc3F)n2)CC1. The zero-order valence-electron chi connectivity index (χ0n) is 26.2. The first kappa shape index (κ1) is 33.3. The van der Waals surface area contributed by atoms with Crippen LogP contribution in [0.1, 0.15) is 74.8 Å². The Labute approximate surface area is 278 Å². The van der Waals surface area contributed by atoms with Gasteiger partial charge in [-0.05, 0) is 57.6 Å². The Morgan fingerprint density at radius 3 is 2.54 bits per heavy atom. The Morgan fingerprint density at radius 1 is 1.02 bits per heavy atom. The number of hydrogen-bond donors (Lipinski definition) is 2. The molecule has 16 heteroatoms. The summed E-state index contributed by atoms with van der Waals surface area (Å²) < 4.78 is 43.1. The van der Waals surface area contributed by atoms with Crippen LogP contribution in [0.3, 0.4) is 0 Å². The Bertz CT molecular complexity index is 1780. The van der Waals surface area contributed by atoms with Gasteiger partial charge in [-0.3, -0.25) is 19.1 Å². The van der Waals surface area contributed by atoms with Crippen molar-refractivity contribution in [3.8, 4) is 22.0 Å². The van der Waals surface area contributed by atoms with Gasteiger partial charge in [0, 0.05) is 29.9 Å². The van der Waals surface area contributed by atoms with E-state index in [2.05, 4.69) is 25.5 Å². The van der Waals surface area contributed by atoms with E-state index in [-0.39, 0.29) is 41.6 Å². The van der Waals surface area contributed by atoms with Gasteiger partial charge < -0.3 is 19.9 Å². The van der Waals surface area contributed by atoms with E-state index in [0.29, 0.717) is 30.0 Å². The molecule has 2 saturated carbocycles. The van der Waals surface area contributed by atoms with Gasteiger partial charge in [0.2, 0.25) is 5.95 Å². The predicted octanol–water partition coefficient (Wildman–Crippen LogP) is 5.71. The number of rotatable bonds is 11. The fourth-order valence-corrected chi connectivity index (χ4v) is 7.10. The molecule has 48 heavy (non-hydrogen) atoms. The van der Waals surface area contributed by atoms with E-state index in [1.54, 1.807) is 22.5 Å². The highest BCUT2D eigenvalue weighted by Crippen LogP contribution is 2.35. The molecule has 0 aliphatic heterocycles. The number of carbonyl (C=O) groups is 3. The van der Waals surface area contributed by atoms with Crippen LogP contribution in [0.5, 0.6) is 0 Å². The average Bonchev–Trinajstić information content (AvgIpc) is 3.86. The number of carboxylic acids is 1. The van der Waals surface area contributed by atoms with E-state index in [1.165, 1.54) is 22.2 Å². The molecule has 2 fully saturated rings. The summed E-state index contributed by atoms with van der Waals surface area (Å²) in [5, 5.41) is 23.0. The lowest BCUT2D eigenvalue weighted by Gasteiger charge is -2.28. The highest BCUT2D eigenvalue weighted by Gasteiger charge is 2.37. The number of ether oxygens (including phenoxy) is 2. The Kier molecular flexibility index (Phi) is 10.2. The number of hydrogen-bond acceptors (Lipinski definition) is 10. The Morgan fingerprint density at radius 2 is 1.79 bits per heavy atom. The van der Waals surface area contributed by atoms with Crippen LogP contribution in [-0.4, -0.2) is 65.2 Å². The minimum absolute atomic E-state index is 0.00135. The largest absolute Gasteiger partial charge is 0.481 e. The number of carboxylic acid groups (broad SMARTS) is 1. The van der Waals surface area contributed by atoms with Gasteiger partial charge in [0.15, 0.2) is 12.5 Å². The molecule has 0 saturated heterocycles. The maximum atomic E-state index is 14.8. The first-order valence-electron chi connectivity index (χ1n) is 15.9. The van der Waals surface area contributed by atoms with Crippen molar-refractivity contribution in [2.75, 3.05) is 11.9 Å². The third-order valence-corrected chi connectivity index (χ3v) is 9.67. The number of aliphatic carboxylic acids is 1. The Balaban J connectivity index is 1.14. The van der Waals surface area contributed by atoms with Gasteiger partial charge in [-0.2, -0.15) is 14.6 Å².